The van der Waals surface area contributed by atoms with E-state index in [-0.39, 0.29) is 49.5 Å². The van der Waals surface area contributed by atoms with Crippen LogP contribution in [0.5, 0.6) is 0 Å². The molecule has 2 N–H and O–H groups in total. The molecule has 1 aromatic heterocycles. The van der Waals surface area contributed by atoms with Crippen LogP contribution in [0.1, 0.15) is 24.0 Å². The fraction of sp³-hybridized carbons (Fsp3) is 0.200. The van der Waals surface area contributed by atoms with Crippen LogP contribution < -0.4 is 15.5 Å². The molecule has 7 nitrogen and oxygen atoms in total. The molecule has 170 valence electrons. The fourth-order valence-electron chi connectivity index (χ4n) is 3.12. The number of benzene rings is 2. The van der Waals surface area contributed by atoms with E-state index in [4.69, 9.17) is 0 Å². The van der Waals surface area contributed by atoms with Gasteiger partial charge >= 0.3 is 0 Å². The zero-order chi connectivity index (χ0) is 23.6. The molecular weight excluding hydrogens is 423 g/mol. The molecule has 0 saturated heterocycles. The number of anilines is 2. The lowest BCUT2D eigenvalue weighted by Gasteiger charge is -2.23. The van der Waals surface area contributed by atoms with Crippen LogP contribution in [-0.4, -0.2) is 29.3 Å². The van der Waals surface area contributed by atoms with Gasteiger partial charge in [0, 0.05) is 31.3 Å². The Hall–Kier alpha value is -4.07. The number of carbonyl (C=O) groups is 3. The molecule has 0 fully saturated rings. The molecular formula is C25H25FN4O3. The van der Waals surface area contributed by atoms with Gasteiger partial charge in [-0.3, -0.25) is 14.4 Å². The molecule has 0 bridgehead atoms. The van der Waals surface area contributed by atoms with Crippen molar-refractivity contribution in [1.29, 1.82) is 0 Å². The van der Waals surface area contributed by atoms with Gasteiger partial charge in [0.2, 0.25) is 17.7 Å². The van der Waals surface area contributed by atoms with Gasteiger partial charge in [-0.1, -0.05) is 30.3 Å². The Labute approximate surface area is 191 Å². The summed E-state index contributed by atoms with van der Waals surface area (Å²) < 4.78 is 13.1. The van der Waals surface area contributed by atoms with Crippen molar-refractivity contribution in [1.82, 2.24) is 10.3 Å². The maximum Gasteiger partial charge on any atom is 0.240 e. The van der Waals surface area contributed by atoms with Crippen molar-refractivity contribution in [2.45, 2.75) is 26.3 Å². The molecule has 3 rings (SSSR count). The molecule has 8 heteroatoms. The SMILES string of the molecule is Cc1cccc(N(CC(=O)NCc2ccc(F)cc2)C(=O)CCC(=O)Nc2ccccn2)c1. The Kier molecular flexibility index (Phi) is 8.24. The average Bonchev–Trinajstić information content (AvgIpc) is 2.81. The number of rotatable bonds is 9. The normalized spacial score (nSPS) is 10.4. The molecule has 0 unspecified atom stereocenters. The summed E-state index contributed by atoms with van der Waals surface area (Å²) in [7, 11) is 0. The van der Waals surface area contributed by atoms with Crippen molar-refractivity contribution in [3.05, 3.63) is 89.9 Å². The third-order valence-corrected chi connectivity index (χ3v) is 4.82. The number of carbonyl (C=O) groups excluding carboxylic acids is 3. The molecule has 0 saturated carbocycles. The van der Waals surface area contributed by atoms with Crippen molar-refractivity contribution >= 4 is 29.2 Å². The first-order valence-electron chi connectivity index (χ1n) is 10.5. The van der Waals surface area contributed by atoms with E-state index < -0.39 is 0 Å². The molecule has 3 aromatic rings. The maximum atomic E-state index is 13.1. The van der Waals surface area contributed by atoms with Crippen LogP contribution in [0.4, 0.5) is 15.9 Å². The van der Waals surface area contributed by atoms with Crippen LogP contribution in [0.25, 0.3) is 0 Å². The number of nitrogens with zero attached hydrogens (tertiary/aromatic N) is 2. The summed E-state index contributed by atoms with van der Waals surface area (Å²) in [5.74, 6) is -1.01. The second-order valence-electron chi connectivity index (χ2n) is 7.49. The van der Waals surface area contributed by atoms with Crippen molar-refractivity contribution in [2.75, 3.05) is 16.8 Å². The van der Waals surface area contributed by atoms with Crippen molar-refractivity contribution in [3.8, 4) is 0 Å². The van der Waals surface area contributed by atoms with Crippen LogP contribution in [-0.2, 0) is 20.9 Å². The van der Waals surface area contributed by atoms with E-state index in [1.54, 1.807) is 54.7 Å². The monoisotopic (exact) mass is 448 g/mol. The van der Waals surface area contributed by atoms with Crippen LogP contribution in [0.15, 0.2) is 72.9 Å². The van der Waals surface area contributed by atoms with Crippen LogP contribution in [0.2, 0.25) is 0 Å². The number of hydrogen-bond acceptors (Lipinski definition) is 4. The van der Waals surface area contributed by atoms with Gasteiger partial charge in [-0.25, -0.2) is 9.37 Å². The molecule has 2 aromatic carbocycles. The summed E-state index contributed by atoms with van der Waals surface area (Å²) in [5, 5.41) is 5.38. The second kappa shape index (κ2) is 11.5. The summed E-state index contributed by atoms with van der Waals surface area (Å²) in [6.07, 6.45) is 1.44. The fourth-order valence-corrected chi connectivity index (χ4v) is 3.12. The minimum Gasteiger partial charge on any atom is -0.350 e. The van der Waals surface area contributed by atoms with Gasteiger partial charge in [0.05, 0.1) is 0 Å². The Morgan fingerprint density at radius 2 is 1.73 bits per heavy atom. The molecule has 0 aliphatic rings. The zero-order valence-corrected chi connectivity index (χ0v) is 18.3. The first-order valence-corrected chi connectivity index (χ1v) is 10.5. The van der Waals surface area contributed by atoms with E-state index in [0.29, 0.717) is 11.5 Å². The number of hydrogen-bond donors (Lipinski definition) is 2. The lowest BCUT2D eigenvalue weighted by molar-refractivity contribution is -0.125. The van der Waals surface area contributed by atoms with Crippen LogP contribution in [0.3, 0.4) is 0 Å². The summed E-state index contributed by atoms with van der Waals surface area (Å²) in [6.45, 7) is 1.90. The van der Waals surface area contributed by atoms with Gasteiger partial charge < -0.3 is 15.5 Å². The van der Waals surface area contributed by atoms with Gasteiger partial charge in [0.25, 0.3) is 0 Å². The average molecular weight is 448 g/mol. The van der Waals surface area contributed by atoms with Gasteiger partial charge in [0.15, 0.2) is 0 Å². The maximum absolute atomic E-state index is 13.1. The van der Waals surface area contributed by atoms with E-state index in [2.05, 4.69) is 15.6 Å². The van der Waals surface area contributed by atoms with Gasteiger partial charge in [-0.15, -0.1) is 0 Å². The van der Waals surface area contributed by atoms with Gasteiger partial charge in [-0.2, -0.15) is 0 Å². The predicted octanol–water partition coefficient (Wildman–Crippen LogP) is 3.60. The minimum absolute atomic E-state index is 0.0467. The predicted molar refractivity (Wildman–Crippen MR) is 124 cm³/mol. The topological polar surface area (TPSA) is 91.4 Å². The number of pyridine rings is 1. The highest BCUT2D eigenvalue weighted by Gasteiger charge is 2.20. The van der Waals surface area contributed by atoms with E-state index in [9.17, 15) is 18.8 Å². The molecule has 0 spiro atoms. The first kappa shape index (κ1) is 23.6. The number of nitrogens with one attached hydrogen (secondary N) is 2. The summed E-state index contributed by atoms with van der Waals surface area (Å²) in [5.41, 5.74) is 2.25. The summed E-state index contributed by atoms with van der Waals surface area (Å²) in [6, 6.07) is 18.2. The standard InChI is InChI=1S/C25H25FN4O3/c1-18-5-4-6-21(15-18)30(17-24(32)28-16-19-8-10-20(26)11-9-19)25(33)13-12-23(31)29-22-7-2-3-14-27-22/h2-11,14-15H,12-13,16-17H2,1H3,(H,28,32)(H,27,29,31). The molecule has 33 heavy (non-hydrogen) atoms. The smallest absolute Gasteiger partial charge is 0.240 e. The molecule has 1 heterocycles. The number of aromatic nitrogens is 1. The number of halogens is 1. The van der Waals surface area contributed by atoms with Crippen LogP contribution in [0, 0.1) is 12.7 Å². The Morgan fingerprint density at radius 1 is 0.939 bits per heavy atom. The van der Waals surface area contributed by atoms with E-state index >= 15 is 0 Å². The van der Waals surface area contributed by atoms with Crippen molar-refractivity contribution in [2.24, 2.45) is 0 Å². The lowest BCUT2D eigenvalue weighted by atomic mass is 10.1. The molecule has 0 atom stereocenters. The highest BCUT2D eigenvalue weighted by Crippen LogP contribution is 2.18. The lowest BCUT2D eigenvalue weighted by Crippen LogP contribution is -2.41. The minimum atomic E-state index is -0.368. The van der Waals surface area contributed by atoms with E-state index in [1.807, 2.05) is 13.0 Å². The van der Waals surface area contributed by atoms with Crippen LogP contribution >= 0.6 is 0 Å². The number of aryl methyl sites for hydroxylation is 1. The largest absolute Gasteiger partial charge is 0.350 e. The van der Waals surface area contributed by atoms with E-state index in [0.717, 1.165) is 11.1 Å². The molecule has 3 amide bonds. The van der Waals surface area contributed by atoms with Gasteiger partial charge in [-0.05, 0) is 54.4 Å². The second-order valence-corrected chi connectivity index (χ2v) is 7.49. The first-order chi connectivity index (χ1) is 15.9. The Bertz CT molecular complexity index is 1100. The van der Waals surface area contributed by atoms with Gasteiger partial charge in [0.1, 0.15) is 18.2 Å². The quantitative estimate of drug-likeness (QED) is 0.523. The Balaban J connectivity index is 1.62. The summed E-state index contributed by atoms with van der Waals surface area (Å²) >= 11 is 0. The third kappa shape index (κ3) is 7.53. The highest BCUT2D eigenvalue weighted by atomic mass is 19.1. The third-order valence-electron chi connectivity index (χ3n) is 4.82. The van der Waals surface area contributed by atoms with E-state index in [1.165, 1.54) is 17.0 Å². The molecule has 0 radical (unpaired) electrons. The van der Waals surface area contributed by atoms with Crippen molar-refractivity contribution in [3.63, 3.8) is 0 Å². The van der Waals surface area contributed by atoms with Crippen molar-refractivity contribution < 1.29 is 18.8 Å². The molecule has 0 aliphatic carbocycles. The zero-order valence-electron chi connectivity index (χ0n) is 18.3. The highest BCUT2D eigenvalue weighted by molar-refractivity contribution is 6.01. The number of amides is 3. The molecule has 0 aliphatic heterocycles. The Morgan fingerprint density at radius 3 is 2.42 bits per heavy atom. The summed E-state index contributed by atoms with van der Waals surface area (Å²) in [4.78, 5) is 43.1.